The molecular formula is C16H15FO2. The standard InChI is InChI=1S/C16H15FO2/c1-11(12-7-3-2-4-8-12)15(16(18)19)13-9-5-6-10-14(13)17/h2-11,15H,1H3,(H,18,19)/t11-,15?/m1/s1. The predicted molar refractivity (Wildman–Crippen MR) is 71.6 cm³/mol. The second-order valence-electron chi connectivity index (χ2n) is 4.54. The quantitative estimate of drug-likeness (QED) is 0.905. The lowest BCUT2D eigenvalue weighted by atomic mass is 9.82. The van der Waals surface area contributed by atoms with E-state index in [0.717, 1.165) is 5.56 Å². The molecule has 0 spiro atoms. The molecule has 19 heavy (non-hydrogen) atoms. The van der Waals surface area contributed by atoms with Crippen molar-refractivity contribution in [3.05, 3.63) is 71.5 Å². The van der Waals surface area contributed by atoms with E-state index in [9.17, 15) is 14.3 Å². The third-order valence-corrected chi connectivity index (χ3v) is 3.33. The van der Waals surface area contributed by atoms with Gasteiger partial charge in [0.05, 0.1) is 5.92 Å². The second kappa shape index (κ2) is 5.65. The molecule has 0 fully saturated rings. The molecule has 2 nitrogen and oxygen atoms in total. The van der Waals surface area contributed by atoms with Crippen LogP contribution < -0.4 is 0 Å². The second-order valence-corrected chi connectivity index (χ2v) is 4.54. The summed E-state index contributed by atoms with van der Waals surface area (Å²) in [5.41, 5.74) is 1.12. The van der Waals surface area contributed by atoms with Gasteiger partial charge in [-0.2, -0.15) is 0 Å². The molecule has 0 aliphatic rings. The molecule has 1 N–H and O–H groups in total. The molecule has 0 amide bonds. The minimum Gasteiger partial charge on any atom is -0.481 e. The van der Waals surface area contributed by atoms with E-state index < -0.39 is 17.7 Å². The molecule has 1 unspecified atom stereocenters. The molecule has 2 atom stereocenters. The van der Waals surface area contributed by atoms with Crippen molar-refractivity contribution < 1.29 is 14.3 Å². The highest BCUT2D eigenvalue weighted by molar-refractivity contribution is 5.77. The maximum Gasteiger partial charge on any atom is 0.311 e. The van der Waals surface area contributed by atoms with Gasteiger partial charge in [0.15, 0.2) is 0 Å². The van der Waals surface area contributed by atoms with E-state index in [2.05, 4.69) is 0 Å². The fourth-order valence-corrected chi connectivity index (χ4v) is 2.29. The van der Waals surface area contributed by atoms with E-state index in [0.29, 0.717) is 0 Å². The zero-order valence-electron chi connectivity index (χ0n) is 10.6. The number of carboxylic acid groups (broad SMARTS) is 1. The Bertz CT molecular complexity index is 566. The van der Waals surface area contributed by atoms with Crippen LogP contribution in [0, 0.1) is 5.82 Å². The van der Waals surface area contributed by atoms with Gasteiger partial charge in [-0.15, -0.1) is 0 Å². The van der Waals surface area contributed by atoms with Crippen molar-refractivity contribution in [2.75, 3.05) is 0 Å². The average Bonchev–Trinajstić information content (AvgIpc) is 2.42. The zero-order valence-corrected chi connectivity index (χ0v) is 10.6. The van der Waals surface area contributed by atoms with Crippen molar-refractivity contribution in [2.24, 2.45) is 0 Å². The van der Waals surface area contributed by atoms with Gasteiger partial charge in [0.2, 0.25) is 0 Å². The molecule has 0 aromatic heterocycles. The van der Waals surface area contributed by atoms with E-state index >= 15 is 0 Å². The number of carboxylic acids is 1. The van der Waals surface area contributed by atoms with Gasteiger partial charge >= 0.3 is 5.97 Å². The minimum absolute atomic E-state index is 0.228. The van der Waals surface area contributed by atoms with E-state index in [1.807, 2.05) is 30.3 Å². The largest absolute Gasteiger partial charge is 0.481 e. The number of aliphatic carboxylic acids is 1. The van der Waals surface area contributed by atoms with Gasteiger partial charge in [-0.25, -0.2) is 4.39 Å². The Morgan fingerprint density at radius 1 is 1.05 bits per heavy atom. The van der Waals surface area contributed by atoms with Crippen molar-refractivity contribution in [3.63, 3.8) is 0 Å². The van der Waals surface area contributed by atoms with E-state index in [1.165, 1.54) is 12.1 Å². The Morgan fingerprint density at radius 2 is 1.63 bits per heavy atom. The molecule has 2 aromatic rings. The summed E-state index contributed by atoms with van der Waals surface area (Å²) in [6.07, 6.45) is 0. The fraction of sp³-hybridized carbons (Fsp3) is 0.188. The fourth-order valence-electron chi connectivity index (χ4n) is 2.29. The van der Waals surface area contributed by atoms with Crippen LogP contribution in [0.25, 0.3) is 0 Å². The van der Waals surface area contributed by atoms with Crippen LogP contribution in [0.1, 0.15) is 29.9 Å². The van der Waals surface area contributed by atoms with Crippen molar-refractivity contribution >= 4 is 5.97 Å². The molecule has 0 bridgehead atoms. The van der Waals surface area contributed by atoms with Crippen LogP contribution in [0.5, 0.6) is 0 Å². The molecule has 98 valence electrons. The maximum absolute atomic E-state index is 13.8. The van der Waals surface area contributed by atoms with Crippen LogP contribution >= 0.6 is 0 Å². The lowest BCUT2D eigenvalue weighted by Gasteiger charge is -2.21. The van der Waals surface area contributed by atoms with E-state index in [-0.39, 0.29) is 11.5 Å². The van der Waals surface area contributed by atoms with Crippen molar-refractivity contribution in [1.82, 2.24) is 0 Å². The van der Waals surface area contributed by atoms with Crippen LogP contribution in [-0.2, 0) is 4.79 Å². The monoisotopic (exact) mass is 258 g/mol. The van der Waals surface area contributed by atoms with Gasteiger partial charge in [-0.3, -0.25) is 4.79 Å². The Labute approximate surface area is 111 Å². The highest BCUT2D eigenvalue weighted by atomic mass is 19.1. The minimum atomic E-state index is -1.01. The summed E-state index contributed by atoms with van der Waals surface area (Å²) in [6.45, 7) is 1.81. The predicted octanol–water partition coefficient (Wildman–Crippen LogP) is 3.80. The van der Waals surface area contributed by atoms with Gasteiger partial charge < -0.3 is 5.11 Å². The first-order chi connectivity index (χ1) is 9.11. The third kappa shape index (κ3) is 2.81. The first-order valence-electron chi connectivity index (χ1n) is 6.13. The highest BCUT2D eigenvalue weighted by Crippen LogP contribution is 2.34. The molecule has 0 saturated heterocycles. The molecule has 0 saturated carbocycles. The Morgan fingerprint density at radius 3 is 2.21 bits per heavy atom. The first kappa shape index (κ1) is 13.3. The van der Waals surface area contributed by atoms with E-state index in [1.54, 1.807) is 19.1 Å². The molecule has 0 aliphatic heterocycles. The Kier molecular flexibility index (Phi) is 3.95. The summed E-state index contributed by atoms with van der Waals surface area (Å²) in [5.74, 6) is -2.67. The first-order valence-corrected chi connectivity index (χ1v) is 6.13. The number of halogens is 1. The number of benzene rings is 2. The highest BCUT2D eigenvalue weighted by Gasteiger charge is 2.29. The lowest BCUT2D eigenvalue weighted by Crippen LogP contribution is -2.19. The van der Waals surface area contributed by atoms with Crippen LogP contribution in [0.15, 0.2) is 54.6 Å². The summed E-state index contributed by atoms with van der Waals surface area (Å²) < 4.78 is 13.8. The summed E-state index contributed by atoms with van der Waals surface area (Å²) >= 11 is 0. The van der Waals surface area contributed by atoms with Crippen molar-refractivity contribution in [2.45, 2.75) is 18.8 Å². The van der Waals surface area contributed by atoms with Crippen molar-refractivity contribution in [1.29, 1.82) is 0 Å². The maximum atomic E-state index is 13.8. The lowest BCUT2D eigenvalue weighted by molar-refractivity contribution is -0.139. The summed E-state index contributed by atoms with van der Waals surface area (Å²) in [5, 5.41) is 9.42. The van der Waals surface area contributed by atoms with Gasteiger partial charge in [0, 0.05) is 5.56 Å². The smallest absolute Gasteiger partial charge is 0.311 e. The Balaban J connectivity index is 2.42. The normalized spacial score (nSPS) is 13.8. The molecular weight excluding hydrogens is 243 g/mol. The molecule has 3 heteroatoms. The Hall–Kier alpha value is -2.16. The molecule has 0 radical (unpaired) electrons. The van der Waals surface area contributed by atoms with Gasteiger partial charge in [0.25, 0.3) is 0 Å². The molecule has 2 rings (SSSR count). The molecule has 0 heterocycles. The summed E-state index contributed by atoms with van der Waals surface area (Å²) in [4.78, 5) is 11.5. The molecule has 2 aromatic carbocycles. The van der Waals surface area contributed by atoms with E-state index in [4.69, 9.17) is 0 Å². The van der Waals surface area contributed by atoms with Crippen LogP contribution in [0.2, 0.25) is 0 Å². The van der Waals surface area contributed by atoms with Crippen LogP contribution in [0.4, 0.5) is 4.39 Å². The van der Waals surface area contributed by atoms with Crippen LogP contribution in [-0.4, -0.2) is 11.1 Å². The SMILES string of the molecule is C[C@H](c1ccccc1)C(C(=O)O)c1ccccc1F. The van der Waals surface area contributed by atoms with Gasteiger partial charge in [0.1, 0.15) is 5.82 Å². The van der Waals surface area contributed by atoms with Gasteiger partial charge in [-0.1, -0.05) is 55.5 Å². The summed E-state index contributed by atoms with van der Waals surface area (Å²) in [6, 6.07) is 15.4. The number of rotatable bonds is 4. The topological polar surface area (TPSA) is 37.3 Å². The number of carbonyl (C=O) groups is 1. The van der Waals surface area contributed by atoms with Crippen LogP contribution in [0.3, 0.4) is 0 Å². The average molecular weight is 258 g/mol. The summed E-state index contributed by atoms with van der Waals surface area (Å²) in [7, 11) is 0. The van der Waals surface area contributed by atoms with Gasteiger partial charge in [-0.05, 0) is 17.5 Å². The zero-order chi connectivity index (χ0) is 13.8. The number of hydrogen-bond donors (Lipinski definition) is 1. The molecule has 0 aliphatic carbocycles. The third-order valence-electron chi connectivity index (χ3n) is 3.33. The number of hydrogen-bond acceptors (Lipinski definition) is 1. The van der Waals surface area contributed by atoms with Crippen molar-refractivity contribution in [3.8, 4) is 0 Å².